The highest BCUT2D eigenvalue weighted by atomic mass is 16.6. The Morgan fingerprint density at radius 3 is 2.23 bits per heavy atom. The van der Waals surface area contributed by atoms with Crippen LogP contribution >= 0.6 is 0 Å². The second-order valence-electron chi connectivity index (χ2n) is 10.5. The molecule has 7 heteroatoms. The van der Waals surface area contributed by atoms with Gasteiger partial charge in [-0.05, 0) is 59.3 Å². The monoisotopic (exact) mass is 421 g/mol. The lowest BCUT2D eigenvalue weighted by molar-refractivity contribution is -0.167. The van der Waals surface area contributed by atoms with Crippen molar-refractivity contribution in [3.63, 3.8) is 0 Å². The van der Waals surface area contributed by atoms with Crippen LogP contribution in [0.1, 0.15) is 72.1 Å². The Bertz CT molecular complexity index is 618. The van der Waals surface area contributed by atoms with Gasteiger partial charge in [0.2, 0.25) is 5.91 Å². The summed E-state index contributed by atoms with van der Waals surface area (Å²) in [6.45, 7) is 9.64. The standard InChI is InChI=1S/C23H39N3O4/c1-23(2,3)30-22(28)25-14-8-17(9-15-25)24-12-10-18(11-13-24)26-19-6-4-5-7-20(19)29-16-21(26)27/h17-20H,4-16H2,1-3H3/t19-,20-/m0/s1. The number of morpholine rings is 1. The Labute approximate surface area is 181 Å². The smallest absolute Gasteiger partial charge is 0.410 e. The third-order valence-electron chi connectivity index (χ3n) is 7.26. The van der Waals surface area contributed by atoms with Gasteiger partial charge in [-0.3, -0.25) is 4.79 Å². The van der Waals surface area contributed by atoms with E-state index in [4.69, 9.17) is 9.47 Å². The topological polar surface area (TPSA) is 62.3 Å². The van der Waals surface area contributed by atoms with E-state index in [1.165, 1.54) is 12.8 Å². The molecule has 3 saturated heterocycles. The summed E-state index contributed by atoms with van der Waals surface area (Å²) < 4.78 is 11.4. The first-order chi connectivity index (χ1) is 14.3. The van der Waals surface area contributed by atoms with Crippen molar-refractivity contribution in [1.82, 2.24) is 14.7 Å². The molecule has 4 fully saturated rings. The number of nitrogens with zero attached hydrogens (tertiary/aromatic N) is 3. The minimum absolute atomic E-state index is 0.187. The predicted molar refractivity (Wildman–Crippen MR) is 114 cm³/mol. The van der Waals surface area contributed by atoms with Crippen molar-refractivity contribution in [2.45, 2.75) is 102 Å². The lowest BCUT2D eigenvalue weighted by atomic mass is 9.87. The molecule has 7 nitrogen and oxygen atoms in total. The second kappa shape index (κ2) is 9.03. The van der Waals surface area contributed by atoms with Crippen LogP contribution in [0.2, 0.25) is 0 Å². The molecule has 0 aromatic carbocycles. The summed E-state index contributed by atoms with van der Waals surface area (Å²) in [4.78, 5) is 31.6. The molecule has 1 aliphatic carbocycles. The zero-order valence-electron chi connectivity index (χ0n) is 19.0. The summed E-state index contributed by atoms with van der Waals surface area (Å²) in [5.41, 5.74) is -0.440. The van der Waals surface area contributed by atoms with E-state index in [1.807, 2.05) is 25.7 Å². The maximum atomic E-state index is 12.7. The van der Waals surface area contributed by atoms with Crippen molar-refractivity contribution in [2.75, 3.05) is 32.8 Å². The number of fused-ring (bicyclic) bond motifs is 1. The predicted octanol–water partition coefficient (Wildman–Crippen LogP) is 3.02. The van der Waals surface area contributed by atoms with Gasteiger partial charge in [-0.1, -0.05) is 12.8 Å². The Balaban J connectivity index is 1.26. The first kappa shape index (κ1) is 21.9. The Morgan fingerprint density at radius 1 is 0.933 bits per heavy atom. The molecule has 0 aromatic rings. The number of piperidine rings is 2. The molecular formula is C23H39N3O4. The summed E-state index contributed by atoms with van der Waals surface area (Å²) in [6, 6.07) is 1.20. The van der Waals surface area contributed by atoms with Crippen molar-refractivity contribution in [3.8, 4) is 0 Å². The van der Waals surface area contributed by atoms with E-state index in [1.54, 1.807) is 0 Å². The zero-order valence-corrected chi connectivity index (χ0v) is 19.0. The summed E-state index contributed by atoms with van der Waals surface area (Å²) in [5.74, 6) is 0.197. The van der Waals surface area contributed by atoms with E-state index in [-0.39, 0.29) is 24.7 Å². The lowest BCUT2D eigenvalue weighted by Crippen LogP contribution is -2.61. The molecule has 3 heterocycles. The molecule has 4 aliphatic rings. The van der Waals surface area contributed by atoms with Gasteiger partial charge < -0.3 is 24.2 Å². The fourth-order valence-corrected chi connectivity index (χ4v) is 5.77. The molecule has 0 N–H and O–H groups in total. The summed E-state index contributed by atoms with van der Waals surface area (Å²) in [7, 11) is 0. The Kier molecular flexibility index (Phi) is 6.58. The average Bonchev–Trinajstić information content (AvgIpc) is 2.73. The number of hydrogen-bond acceptors (Lipinski definition) is 5. The van der Waals surface area contributed by atoms with Crippen LogP contribution in [0.25, 0.3) is 0 Å². The SMILES string of the molecule is CC(C)(C)OC(=O)N1CCC(N2CCC(N3C(=O)CO[C@H]4CCCC[C@@H]43)CC2)CC1. The maximum absolute atomic E-state index is 12.7. The van der Waals surface area contributed by atoms with E-state index >= 15 is 0 Å². The van der Waals surface area contributed by atoms with Crippen molar-refractivity contribution >= 4 is 12.0 Å². The fraction of sp³-hybridized carbons (Fsp3) is 0.913. The number of likely N-dealkylation sites (tertiary alicyclic amines) is 2. The third kappa shape index (κ3) is 4.93. The van der Waals surface area contributed by atoms with Crippen LogP contribution in [0.4, 0.5) is 4.79 Å². The van der Waals surface area contributed by atoms with E-state index in [0.29, 0.717) is 18.1 Å². The van der Waals surface area contributed by atoms with Crippen molar-refractivity contribution < 1.29 is 19.1 Å². The summed E-state index contributed by atoms with van der Waals surface area (Å²) in [5, 5.41) is 0. The van der Waals surface area contributed by atoms with Crippen LogP contribution in [-0.2, 0) is 14.3 Å². The van der Waals surface area contributed by atoms with Crippen molar-refractivity contribution in [1.29, 1.82) is 0 Å². The number of hydrogen-bond donors (Lipinski definition) is 0. The molecule has 30 heavy (non-hydrogen) atoms. The fourth-order valence-electron chi connectivity index (χ4n) is 5.77. The highest BCUT2D eigenvalue weighted by molar-refractivity contribution is 5.79. The molecular weight excluding hydrogens is 382 g/mol. The maximum Gasteiger partial charge on any atom is 0.410 e. The zero-order chi connectivity index (χ0) is 21.3. The number of rotatable bonds is 2. The largest absolute Gasteiger partial charge is 0.444 e. The van der Waals surface area contributed by atoms with Gasteiger partial charge in [0.15, 0.2) is 0 Å². The molecule has 0 spiro atoms. The number of ether oxygens (including phenoxy) is 2. The van der Waals surface area contributed by atoms with Gasteiger partial charge >= 0.3 is 6.09 Å². The van der Waals surface area contributed by atoms with E-state index in [9.17, 15) is 9.59 Å². The molecule has 3 aliphatic heterocycles. The molecule has 2 atom stereocenters. The quantitative estimate of drug-likeness (QED) is 0.686. The second-order valence-corrected chi connectivity index (χ2v) is 10.5. The van der Waals surface area contributed by atoms with Crippen LogP contribution < -0.4 is 0 Å². The van der Waals surface area contributed by atoms with Gasteiger partial charge in [0.1, 0.15) is 12.2 Å². The van der Waals surface area contributed by atoms with Crippen LogP contribution in [0, 0.1) is 0 Å². The summed E-state index contributed by atoms with van der Waals surface area (Å²) in [6.07, 6.45) is 8.83. The molecule has 0 unspecified atom stereocenters. The van der Waals surface area contributed by atoms with Gasteiger partial charge in [0.25, 0.3) is 0 Å². The van der Waals surface area contributed by atoms with Gasteiger partial charge in [0, 0.05) is 38.3 Å². The minimum atomic E-state index is -0.440. The number of carbonyl (C=O) groups excluding carboxylic acids is 2. The average molecular weight is 422 g/mol. The van der Waals surface area contributed by atoms with E-state index in [2.05, 4.69) is 9.80 Å². The third-order valence-corrected chi connectivity index (χ3v) is 7.26. The van der Waals surface area contributed by atoms with Crippen LogP contribution in [0.15, 0.2) is 0 Å². The Hall–Kier alpha value is -1.34. The Morgan fingerprint density at radius 2 is 1.57 bits per heavy atom. The molecule has 0 bridgehead atoms. The van der Waals surface area contributed by atoms with E-state index in [0.717, 1.165) is 64.7 Å². The van der Waals surface area contributed by atoms with Crippen molar-refractivity contribution in [3.05, 3.63) is 0 Å². The molecule has 0 radical (unpaired) electrons. The minimum Gasteiger partial charge on any atom is -0.444 e. The molecule has 170 valence electrons. The van der Waals surface area contributed by atoms with Gasteiger partial charge in [-0.15, -0.1) is 0 Å². The van der Waals surface area contributed by atoms with Crippen LogP contribution in [-0.4, -0.2) is 89.3 Å². The van der Waals surface area contributed by atoms with Gasteiger partial charge in [-0.2, -0.15) is 0 Å². The number of carbonyl (C=O) groups is 2. The van der Waals surface area contributed by atoms with Crippen LogP contribution in [0.3, 0.4) is 0 Å². The van der Waals surface area contributed by atoms with Gasteiger partial charge in [-0.25, -0.2) is 4.79 Å². The van der Waals surface area contributed by atoms with E-state index < -0.39 is 5.60 Å². The first-order valence-electron chi connectivity index (χ1n) is 12.0. The lowest BCUT2D eigenvalue weighted by Gasteiger charge is -2.50. The molecule has 2 amide bonds. The normalized spacial score (nSPS) is 30.3. The van der Waals surface area contributed by atoms with Crippen LogP contribution in [0.5, 0.6) is 0 Å². The van der Waals surface area contributed by atoms with Gasteiger partial charge in [0.05, 0.1) is 12.1 Å². The number of amides is 2. The molecule has 0 aromatic heterocycles. The van der Waals surface area contributed by atoms with Crippen molar-refractivity contribution in [2.24, 2.45) is 0 Å². The molecule has 4 rings (SSSR count). The highest BCUT2D eigenvalue weighted by Crippen LogP contribution is 2.33. The summed E-state index contributed by atoms with van der Waals surface area (Å²) >= 11 is 0. The highest BCUT2D eigenvalue weighted by Gasteiger charge is 2.42. The first-order valence-corrected chi connectivity index (χ1v) is 12.0. The molecule has 1 saturated carbocycles.